The van der Waals surface area contributed by atoms with Crippen LogP contribution in [0, 0.1) is 19.7 Å². The van der Waals surface area contributed by atoms with E-state index in [1.807, 2.05) is 25.2 Å². The summed E-state index contributed by atoms with van der Waals surface area (Å²) >= 11 is 1.86. The highest BCUT2D eigenvalue weighted by atomic mass is 32.1. The Balaban J connectivity index is 2.05. The number of rotatable bonds is 4. The molecule has 21 heavy (non-hydrogen) atoms. The van der Waals surface area contributed by atoms with Crippen molar-refractivity contribution >= 4 is 11.3 Å². The summed E-state index contributed by atoms with van der Waals surface area (Å²) in [5.74, 6) is -0.0907. The lowest BCUT2D eigenvalue weighted by molar-refractivity contribution is 0.559. The number of hydrogen-bond donors (Lipinski definition) is 1. The van der Waals surface area contributed by atoms with E-state index in [2.05, 4.69) is 24.4 Å². The Bertz CT molecular complexity index is 615. The van der Waals surface area contributed by atoms with Gasteiger partial charge in [-0.1, -0.05) is 13.0 Å². The van der Waals surface area contributed by atoms with Gasteiger partial charge < -0.3 is 5.32 Å². The van der Waals surface area contributed by atoms with Gasteiger partial charge in [0, 0.05) is 15.3 Å². The van der Waals surface area contributed by atoms with E-state index in [0.717, 1.165) is 23.2 Å². The molecule has 0 amide bonds. The molecule has 3 rings (SSSR count). The third kappa shape index (κ3) is 2.77. The fourth-order valence-corrected chi connectivity index (χ4v) is 4.68. The summed E-state index contributed by atoms with van der Waals surface area (Å²) < 4.78 is 14.5. The van der Waals surface area contributed by atoms with E-state index in [1.54, 1.807) is 6.07 Å². The highest BCUT2D eigenvalue weighted by molar-refractivity contribution is 7.12. The normalized spacial score (nSPS) is 15.2. The van der Waals surface area contributed by atoms with Gasteiger partial charge in [-0.25, -0.2) is 4.39 Å². The molecule has 0 fully saturated rings. The molecule has 3 heteroatoms. The summed E-state index contributed by atoms with van der Waals surface area (Å²) in [6.07, 6.45) is 3.64. The van der Waals surface area contributed by atoms with Crippen molar-refractivity contribution in [3.05, 3.63) is 56.0 Å². The van der Waals surface area contributed by atoms with Crippen LogP contribution in [-0.2, 0) is 12.8 Å². The first-order valence-corrected chi connectivity index (χ1v) is 8.53. The van der Waals surface area contributed by atoms with Crippen molar-refractivity contribution < 1.29 is 4.39 Å². The largest absolute Gasteiger partial charge is 0.306 e. The second-order valence-corrected chi connectivity index (χ2v) is 7.09. The van der Waals surface area contributed by atoms with Crippen molar-refractivity contribution in [2.45, 2.75) is 46.1 Å². The molecule has 0 saturated heterocycles. The van der Waals surface area contributed by atoms with Gasteiger partial charge in [0.25, 0.3) is 0 Å². The van der Waals surface area contributed by atoms with Crippen LogP contribution in [-0.4, -0.2) is 6.54 Å². The highest BCUT2D eigenvalue weighted by Crippen LogP contribution is 2.37. The van der Waals surface area contributed by atoms with Crippen molar-refractivity contribution in [2.24, 2.45) is 0 Å². The fourth-order valence-electron chi connectivity index (χ4n) is 3.34. The van der Waals surface area contributed by atoms with Gasteiger partial charge in [-0.2, -0.15) is 0 Å². The molecule has 1 unspecified atom stereocenters. The zero-order valence-electron chi connectivity index (χ0n) is 12.9. The first-order valence-electron chi connectivity index (χ1n) is 7.71. The molecule has 0 bridgehead atoms. The van der Waals surface area contributed by atoms with Gasteiger partial charge in [-0.3, -0.25) is 0 Å². The number of thiophene rings is 1. The SMILES string of the molecule is CCNC(c1cc2c(s1)CCC2)c1c(C)cc(C)cc1F. The molecular weight excluding hydrogens is 281 g/mol. The van der Waals surface area contributed by atoms with Crippen LogP contribution in [0.2, 0.25) is 0 Å². The molecule has 0 spiro atoms. The summed E-state index contributed by atoms with van der Waals surface area (Å²) in [4.78, 5) is 2.76. The summed E-state index contributed by atoms with van der Waals surface area (Å²) in [5.41, 5.74) is 4.30. The molecule has 0 saturated carbocycles. The van der Waals surface area contributed by atoms with Crippen LogP contribution < -0.4 is 5.32 Å². The van der Waals surface area contributed by atoms with E-state index in [1.165, 1.54) is 34.6 Å². The molecule has 1 aromatic carbocycles. The molecule has 1 heterocycles. The minimum atomic E-state index is -0.0907. The number of benzene rings is 1. The lowest BCUT2D eigenvalue weighted by Gasteiger charge is -2.20. The second-order valence-electron chi connectivity index (χ2n) is 5.92. The van der Waals surface area contributed by atoms with Crippen LogP contribution in [0.5, 0.6) is 0 Å². The number of nitrogens with one attached hydrogen (secondary N) is 1. The van der Waals surface area contributed by atoms with Crippen LogP contribution in [0.1, 0.15) is 51.4 Å². The molecule has 0 aliphatic heterocycles. The maximum atomic E-state index is 14.5. The fraction of sp³-hybridized carbons (Fsp3) is 0.444. The van der Waals surface area contributed by atoms with E-state index in [4.69, 9.17) is 0 Å². The summed E-state index contributed by atoms with van der Waals surface area (Å²) in [5, 5.41) is 3.48. The quantitative estimate of drug-likeness (QED) is 0.864. The zero-order valence-corrected chi connectivity index (χ0v) is 13.7. The van der Waals surface area contributed by atoms with Gasteiger partial charge in [0.15, 0.2) is 0 Å². The van der Waals surface area contributed by atoms with Gasteiger partial charge in [-0.15, -0.1) is 11.3 Å². The van der Waals surface area contributed by atoms with E-state index in [0.29, 0.717) is 0 Å². The minimum absolute atomic E-state index is 0.0220. The van der Waals surface area contributed by atoms with Crippen LogP contribution in [0.15, 0.2) is 18.2 Å². The van der Waals surface area contributed by atoms with Crippen molar-refractivity contribution in [2.75, 3.05) is 6.54 Å². The Labute approximate surface area is 130 Å². The summed E-state index contributed by atoms with van der Waals surface area (Å²) in [6, 6.07) is 5.99. The van der Waals surface area contributed by atoms with Crippen molar-refractivity contribution in [1.82, 2.24) is 5.32 Å². The monoisotopic (exact) mass is 303 g/mol. The lowest BCUT2D eigenvalue weighted by atomic mass is 9.97. The predicted octanol–water partition coefficient (Wildman–Crippen LogP) is 4.69. The summed E-state index contributed by atoms with van der Waals surface area (Å²) in [7, 11) is 0. The van der Waals surface area contributed by atoms with Crippen molar-refractivity contribution in [3.8, 4) is 0 Å². The Morgan fingerprint density at radius 3 is 2.71 bits per heavy atom. The number of fused-ring (bicyclic) bond motifs is 1. The molecule has 1 aliphatic carbocycles. The standard InChI is InChI=1S/C18H22FNS/c1-4-20-18(16-10-13-6-5-7-15(13)21-16)17-12(3)8-11(2)9-14(17)19/h8-10,18,20H,4-7H2,1-3H3. The zero-order chi connectivity index (χ0) is 15.0. The average Bonchev–Trinajstić information content (AvgIpc) is 2.96. The Morgan fingerprint density at radius 2 is 2.05 bits per heavy atom. The van der Waals surface area contributed by atoms with Gasteiger partial charge in [-0.05, 0) is 68.5 Å². The molecule has 1 aliphatic rings. The molecule has 1 N–H and O–H groups in total. The van der Waals surface area contributed by atoms with Crippen LogP contribution in [0.25, 0.3) is 0 Å². The van der Waals surface area contributed by atoms with E-state index < -0.39 is 0 Å². The Hall–Kier alpha value is -1.19. The van der Waals surface area contributed by atoms with E-state index >= 15 is 0 Å². The average molecular weight is 303 g/mol. The molecule has 1 nitrogen and oxygen atoms in total. The molecule has 2 aromatic rings. The number of aryl methyl sites for hydroxylation is 4. The first kappa shape index (κ1) is 14.7. The van der Waals surface area contributed by atoms with Crippen molar-refractivity contribution in [1.29, 1.82) is 0 Å². The third-order valence-corrected chi connectivity index (χ3v) is 5.53. The van der Waals surface area contributed by atoms with E-state index in [-0.39, 0.29) is 11.9 Å². The molecule has 112 valence electrons. The van der Waals surface area contributed by atoms with Crippen LogP contribution in [0.3, 0.4) is 0 Å². The van der Waals surface area contributed by atoms with E-state index in [9.17, 15) is 4.39 Å². The van der Waals surface area contributed by atoms with Gasteiger partial charge in [0.05, 0.1) is 6.04 Å². The number of hydrogen-bond acceptors (Lipinski definition) is 2. The van der Waals surface area contributed by atoms with Gasteiger partial charge >= 0.3 is 0 Å². The highest BCUT2D eigenvalue weighted by Gasteiger charge is 2.24. The minimum Gasteiger partial charge on any atom is -0.306 e. The van der Waals surface area contributed by atoms with Crippen molar-refractivity contribution in [3.63, 3.8) is 0 Å². The molecular formula is C18H22FNS. The second kappa shape index (κ2) is 5.90. The molecule has 1 aromatic heterocycles. The maximum Gasteiger partial charge on any atom is 0.128 e. The predicted molar refractivity (Wildman–Crippen MR) is 87.7 cm³/mol. The Kier molecular flexibility index (Phi) is 4.14. The van der Waals surface area contributed by atoms with Crippen LogP contribution in [0.4, 0.5) is 4.39 Å². The summed E-state index contributed by atoms with van der Waals surface area (Å²) in [6.45, 7) is 6.87. The van der Waals surface area contributed by atoms with Crippen LogP contribution >= 0.6 is 11.3 Å². The van der Waals surface area contributed by atoms with Gasteiger partial charge in [0.2, 0.25) is 0 Å². The lowest BCUT2D eigenvalue weighted by Crippen LogP contribution is -2.23. The molecule has 1 atom stereocenters. The molecule has 0 radical (unpaired) electrons. The Morgan fingerprint density at radius 1 is 1.24 bits per heavy atom. The number of halogens is 1. The van der Waals surface area contributed by atoms with Gasteiger partial charge in [0.1, 0.15) is 5.82 Å². The first-order chi connectivity index (χ1) is 10.1. The smallest absolute Gasteiger partial charge is 0.128 e. The maximum absolute atomic E-state index is 14.5. The topological polar surface area (TPSA) is 12.0 Å². The third-order valence-electron chi connectivity index (χ3n) is 4.23.